The van der Waals surface area contributed by atoms with Gasteiger partial charge in [-0.1, -0.05) is 54.6 Å². The van der Waals surface area contributed by atoms with E-state index >= 15 is 0 Å². The van der Waals surface area contributed by atoms with Gasteiger partial charge in [0.25, 0.3) is 10.0 Å². The van der Waals surface area contributed by atoms with E-state index in [1.54, 1.807) is 18.2 Å². The molecule has 2 heterocycles. The van der Waals surface area contributed by atoms with Gasteiger partial charge in [0.1, 0.15) is 0 Å². The molecule has 1 aliphatic heterocycles. The zero-order valence-electron chi connectivity index (χ0n) is 17.0. The molecule has 0 radical (unpaired) electrons. The third-order valence-electron chi connectivity index (χ3n) is 6.02. The van der Waals surface area contributed by atoms with Crippen LogP contribution in [0.5, 0.6) is 0 Å². The fourth-order valence-corrected chi connectivity index (χ4v) is 6.69. The predicted octanol–water partition coefficient (Wildman–Crippen LogP) is 5.47. The second kappa shape index (κ2) is 8.41. The van der Waals surface area contributed by atoms with Crippen molar-refractivity contribution in [3.05, 3.63) is 99.8 Å². The number of rotatable bonds is 5. The number of hydrogen-bond donors (Lipinski definition) is 0. The van der Waals surface area contributed by atoms with Crippen molar-refractivity contribution < 1.29 is 8.42 Å². The van der Waals surface area contributed by atoms with E-state index in [9.17, 15) is 8.42 Å². The maximum atomic E-state index is 13.5. The molecule has 5 rings (SSSR count). The average Bonchev–Trinajstić information content (AvgIpc) is 3.39. The highest BCUT2D eigenvalue weighted by Gasteiger charge is 2.29. The molecule has 0 aliphatic carbocycles. The normalized spacial score (nSPS) is 17.4. The molecule has 0 bridgehead atoms. The largest absolute Gasteiger partial charge is 0.298 e. The number of para-hydroxylation sites is 1. The standard InChI is InChI=1S/C25H23IN2O2S/c26-21-9-6-10-22(15-21)31(29,30)28-18-24(23-11-4-5-12-25(23)28)20-13-14-27(17-20)16-19-7-2-1-3-8-19/h1-12,15,18,20H,13-14,16-17H2. The zero-order chi connectivity index (χ0) is 21.4. The highest BCUT2D eigenvalue weighted by atomic mass is 127. The van der Waals surface area contributed by atoms with Gasteiger partial charge in [-0.05, 0) is 76.9 Å². The van der Waals surface area contributed by atoms with Crippen molar-refractivity contribution in [1.29, 1.82) is 0 Å². The van der Waals surface area contributed by atoms with E-state index < -0.39 is 10.0 Å². The van der Waals surface area contributed by atoms with Gasteiger partial charge in [-0.15, -0.1) is 0 Å². The van der Waals surface area contributed by atoms with Gasteiger partial charge in [0.2, 0.25) is 0 Å². The summed E-state index contributed by atoms with van der Waals surface area (Å²) in [5.41, 5.74) is 3.19. The van der Waals surface area contributed by atoms with Gasteiger partial charge in [-0.2, -0.15) is 0 Å². The second-order valence-corrected chi connectivity index (χ2v) is 11.1. The summed E-state index contributed by atoms with van der Waals surface area (Å²) in [5.74, 6) is 0.320. The average molecular weight is 542 g/mol. The van der Waals surface area contributed by atoms with Gasteiger partial charge in [-0.3, -0.25) is 4.90 Å². The quantitative estimate of drug-likeness (QED) is 0.314. The molecule has 0 N–H and O–H groups in total. The van der Waals surface area contributed by atoms with E-state index in [4.69, 9.17) is 0 Å². The topological polar surface area (TPSA) is 42.3 Å². The maximum absolute atomic E-state index is 13.5. The summed E-state index contributed by atoms with van der Waals surface area (Å²) in [6.45, 7) is 2.88. The van der Waals surface area contributed by atoms with Crippen LogP contribution < -0.4 is 0 Å². The summed E-state index contributed by atoms with van der Waals surface area (Å²) in [6.07, 6.45) is 2.89. The van der Waals surface area contributed by atoms with Crippen LogP contribution in [0.3, 0.4) is 0 Å². The molecule has 158 valence electrons. The van der Waals surface area contributed by atoms with Gasteiger partial charge >= 0.3 is 0 Å². The molecular weight excluding hydrogens is 519 g/mol. The number of benzene rings is 3. The van der Waals surface area contributed by atoms with Gasteiger partial charge in [-0.25, -0.2) is 12.4 Å². The monoisotopic (exact) mass is 542 g/mol. The van der Waals surface area contributed by atoms with Gasteiger partial charge in [0, 0.05) is 28.2 Å². The van der Waals surface area contributed by atoms with E-state index in [-0.39, 0.29) is 0 Å². The Bertz CT molecular complexity index is 1330. The van der Waals surface area contributed by atoms with Crippen LogP contribution in [0.25, 0.3) is 10.9 Å². The molecular formula is C25H23IN2O2S. The summed E-state index contributed by atoms with van der Waals surface area (Å²) in [7, 11) is -3.66. The van der Waals surface area contributed by atoms with Crippen LogP contribution in [0.4, 0.5) is 0 Å². The van der Waals surface area contributed by atoms with Crippen molar-refractivity contribution >= 4 is 43.5 Å². The number of aromatic nitrogens is 1. The molecule has 0 spiro atoms. The molecule has 1 unspecified atom stereocenters. The minimum Gasteiger partial charge on any atom is -0.298 e. The summed E-state index contributed by atoms with van der Waals surface area (Å²) < 4.78 is 29.3. The summed E-state index contributed by atoms with van der Waals surface area (Å²) in [5, 5.41) is 1.03. The lowest BCUT2D eigenvalue weighted by atomic mass is 9.98. The van der Waals surface area contributed by atoms with Crippen LogP contribution in [0.2, 0.25) is 0 Å². The van der Waals surface area contributed by atoms with Crippen molar-refractivity contribution in [3.8, 4) is 0 Å². The minimum absolute atomic E-state index is 0.320. The van der Waals surface area contributed by atoms with E-state index in [1.165, 1.54) is 9.54 Å². The van der Waals surface area contributed by atoms with Gasteiger partial charge < -0.3 is 0 Å². The molecule has 1 aliphatic rings. The first-order chi connectivity index (χ1) is 15.0. The number of likely N-dealkylation sites (tertiary alicyclic amines) is 1. The number of nitrogens with zero attached hydrogens (tertiary/aromatic N) is 2. The van der Waals surface area contributed by atoms with E-state index in [0.717, 1.165) is 46.1 Å². The lowest BCUT2D eigenvalue weighted by molar-refractivity contribution is 0.327. The van der Waals surface area contributed by atoms with Crippen molar-refractivity contribution in [1.82, 2.24) is 8.87 Å². The van der Waals surface area contributed by atoms with Crippen LogP contribution >= 0.6 is 22.6 Å². The van der Waals surface area contributed by atoms with Crippen LogP contribution in [0.15, 0.2) is 90.0 Å². The van der Waals surface area contributed by atoms with Crippen molar-refractivity contribution in [2.75, 3.05) is 13.1 Å². The van der Waals surface area contributed by atoms with Crippen LogP contribution in [-0.2, 0) is 16.6 Å². The highest BCUT2D eigenvalue weighted by molar-refractivity contribution is 14.1. The first-order valence-corrected chi connectivity index (χ1v) is 12.9. The van der Waals surface area contributed by atoms with Gasteiger partial charge in [0.15, 0.2) is 0 Å². The molecule has 4 nitrogen and oxygen atoms in total. The predicted molar refractivity (Wildman–Crippen MR) is 133 cm³/mol. The smallest absolute Gasteiger partial charge is 0.268 e. The molecule has 31 heavy (non-hydrogen) atoms. The van der Waals surface area contributed by atoms with E-state index in [2.05, 4.69) is 51.8 Å². The van der Waals surface area contributed by atoms with Gasteiger partial charge in [0.05, 0.1) is 10.4 Å². The fourth-order valence-electron chi connectivity index (χ4n) is 4.51. The molecule has 0 amide bonds. The zero-order valence-corrected chi connectivity index (χ0v) is 20.0. The van der Waals surface area contributed by atoms with Crippen LogP contribution in [-0.4, -0.2) is 30.4 Å². The second-order valence-electron chi connectivity index (χ2n) is 8.07. The number of fused-ring (bicyclic) bond motifs is 1. The van der Waals surface area contributed by atoms with E-state index in [1.807, 2.05) is 42.6 Å². The van der Waals surface area contributed by atoms with Crippen molar-refractivity contribution in [2.45, 2.75) is 23.8 Å². The summed E-state index contributed by atoms with van der Waals surface area (Å²) >= 11 is 2.15. The molecule has 0 saturated carbocycles. The molecule has 1 fully saturated rings. The Hall–Kier alpha value is -2.16. The Labute approximate surface area is 196 Å². The molecule has 1 atom stereocenters. The maximum Gasteiger partial charge on any atom is 0.268 e. The first-order valence-electron chi connectivity index (χ1n) is 10.4. The van der Waals surface area contributed by atoms with Crippen LogP contribution in [0, 0.1) is 3.57 Å². The minimum atomic E-state index is -3.66. The Morgan fingerprint density at radius 1 is 0.935 bits per heavy atom. The lowest BCUT2D eigenvalue weighted by Crippen LogP contribution is -2.19. The lowest BCUT2D eigenvalue weighted by Gasteiger charge is -2.16. The molecule has 1 aromatic heterocycles. The Balaban J connectivity index is 1.50. The SMILES string of the molecule is O=S(=O)(c1cccc(I)c1)n1cc(C2CCN(Cc3ccccc3)C2)c2ccccc21. The Morgan fingerprint density at radius 2 is 1.71 bits per heavy atom. The first kappa shape index (κ1) is 20.7. The number of hydrogen-bond acceptors (Lipinski definition) is 3. The molecule has 3 aromatic carbocycles. The Kier molecular flexibility index (Phi) is 5.62. The third-order valence-corrected chi connectivity index (χ3v) is 8.36. The molecule has 1 saturated heterocycles. The van der Waals surface area contributed by atoms with Crippen LogP contribution in [0.1, 0.15) is 23.5 Å². The van der Waals surface area contributed by atoms with Crippen molar-refractivity contribution in [3.63, 3.8) is 0 Å². The molecule has 6 heteroatoms. The highest BCUT2D eigenvalue weighted by Crippen LogP contribution is 2.36. The van der Waals surface area contributed by atoms with E-state index in [0.29, 0.717) is 10.8 Å². The summed E-state index contributed by atoms with van der Waals surface area (Å²) in [6, 6.07) is 25.4. The fraction of sp³-hybridized carbons (Fsp3) is 0.200. The summed E-state index contributed by atoms with van der Waals surface area (Å²) in [4.78, 5) is 2.78. The number of halogens is 1. The third kappa shape index (κ3) is 4.04. The Morgan fingerprint density at radius 3 is 2.52 bits per heavy atom. The van der Waals surface area contributed by atoms with Crippen molar-refractivity contribution in [2.24, 2.45) is 0 Å². The molecule has 4 aromatic rings.